The summed E-state index contributed by atoms with van der Waals surface area (Å²) in [7, 11) is 0. The summed E-state index contributed by atoms with van der Waals surface area (Å²) in [6, 6.07) is 0.716. The fourth-order valence-electron chi connectivity index (χ4n) is 4.58. The van der Waals surface area contributed by atoms with Gasteiger partial charge in [-0.15, -0.1) is 0 Å². The van der Waals surface area contributed by atoms with Crippen molar-refractivity contribution in [2.75, 3.05) is 6.61 Å². The standard InChI is InChI=1S/C22H20O13.Na.H/c1-4-8-5(2-6(24)9(4)22(33)34)13(25)10-11(15(8)27)16(28)12(18(30)17(10)29)21-20(32)19(31)14(26)7(3-23)35-21;;/h2,7,14,19-21,23-24,26,28-32H,3H2,1H3,(H,33,34);;/t7-,14-,19+,20-,21-;;/m1../s1. The number of carboxylic acids is 1. The number of aromatic carboxylic acids is 1. The van der Waals surface area contributed by atoms with E-state index in [9.17, 15) is 60.3 Å². The first-order valence-corrected chi connectivity index (χ1v) is 10.2. The van der Waals surface area contributed by atoms with Gasteiger partial charge in [-0.05, 0) is 18.6 Å². The number of hydrogen-bond donors (Lipinski definition) is 9. The van der Waals surface area contributed by atoms with Crippen molar-refractivity contribution < 1.29 is 65.1 Å². The predicted molar refractivity (Wildman–Crippen MR) is 118 cm³/mol. The molecular formula is C22H21NaO13. The maximum absolute atomic E-state index is 13.4. The van der Waals surface area contributed by atoms with Crippen LogP contribution >= 0.6 is 0 Å². The van der Waals surface area contributed by atoms with E-state index in [0.29, 0.717) is 6.07 Å². The number of carbonyl (C=O) groups excluding carboxylic acids is 2. The minimum absolute atomic E-state index is 0. The van der Waals surface area contributed by atoms with Gasteiger partial charge in [-0.1, -0.05) is 0 Å². The molecule has 0 bridgehead atoms. The van der Waals surface area contributed by atoms with Crippen LogP contribution in [0.5, 0.6) is 23.0 Å². The Morgan fingerprint density at radius 1 is 0.889 bits per heavy atom. The Balaban J connectivity index is 0.00000361. The Kier molecular flexibility index (Phi) is 7.43. The number of carbonyl (C=O) groups is 3. The zero-order chi connectivity index (χ0) is 26.1. The van der Waals surface area contributed by atoms with E-state index >= 15 is 0 Å². The van der Waals surface area contributed by atoms with E-state index in [1.54, 1.807) is 0 Å². The number of aliphatic hydroxyl groups excluding tert-OH is 4. The normalized spacial score (nSPS) is 25.1. The quantitative estimate of drug-likeness (QED) is 0.106. The Labute approximate surface area is 223 Å². The third kappa shape index (κ3) is 3.76. The van der Waals surface area contributed by atoms with E-state index in [4.69, 9.17) is 4.74 Å². The predicted octanol–water partition coefficient (Wildman–Crippen LogP) is -1.84. The molecule has 0 amide bonds. The third-order valence-corrected chi connectivity index (χ3v) is 6.33. The summed E-state index contributed by atoms with van der Waals surface area (Å²) in [4.78, 5) is 38.1. The number of carboxylic acid groups (broad SMARTS) is 1. The molecule has 2 aliphatic rings. The molecule has 5 atom stereocenters. The third-order valence-electron chi connectivity index (χ3n) is 6.33. The van der Waals surface area contributed by atoms with Crippen LogP contribution in [0.2, 0.25) is 0 Å². The van der Waals surface area contributed by atoms with Crippen LogP contribution < -0.4 is 0 Å². The van der Waals surface area contributed by atoms with Crippen molar-refractivity contribution in [3.63, 3.8) is 0 Å². The summed E-state index contributed by atoms with van der Waals surface area (Å²) in [6.45, 7) is 0.291. The van der Waals surface area contributed by atoms with E-state index < -0.39 is 111 Å². The van der Waals surface area contributed by atoms with Crippen LogP contribution in [0.25, 0.3) is 0 Å². The first-order chi connectivity index (χ1) is 16.3. The molecule has 13 nitrogen and oxygen atoms in total. The molecule has 0 radical (unpaired) electrons. The Morgan fingerprint density at radius 3 is 2.03 bits per heavy atom. The molecule has 4 rings (SSSR count). The van der Waals surface area contributed by atoms with Crippen molar-refractivity contribution in [1.29, 1.82) is 0 Å². The minimum atomic E-state index is -2.03. The average Bonchev–Trinajstić information content (AvgIpc) is 2.79. The fourth-order valence-corrected chi connectivity index (χ4v) is 4.58. The van der Waals surface area contributed by atoms with Gasteiger partial charge in [0, 0.05) is 11.1 Å². The molecule has 9 N–H and O–H groups in total. The van der Waals surface area contributed by atoms with Crippen LogP contribution in [0.4, 0.5) is 0 Å². The van der Waals surface area contributed by atoms with Gasteiger partial charge in [0.15, 0.2) is 23.1 Å². The summed E-state index contributed by atoms with van der Waals surface area (Å²) in [6.07, 6.45) is -9.12. The van der Waals surface area contributed by atoms with Crippen LogP contribution in [0.1, 0.15) is 59.4 Å². The monoisotopic (exact) mass is 516 g/mol. The Bertz CT molecular complexity index is 1300. The van der Waals surface area contributed by atoms with Gasteiger partial charge in [0.1, 0.15) is 47.6 Å². The zero-order valence-electron chi connectivity index (χ0n) is 17.8. The van der Waals surface area contributed by atoms with E-state index in [2.05, 4.69) is 0 Å². The van der Waals surface area contributed by atoms with Crippen molar-refractivity contribution in [3.05, 3.63) is 45.0 Å². The summed E-state index contributed by atoms with van der Waals surface area (Å²) in [5.41, 5.74) is -4.49. The van der Waals surface area contributed by atoms with E-state index in [-0.39, 0.29) is 35.1 Å². The average molecular weight is 516 g/mol. The van der Waals surface area contributed by atoms with E-state index in [1.807, 2.05) is 0 Å². The molecule has 36 heavy (non-hydrogen) atoms. The second-order valence-electron chi connectivity index (χ2n) is 8.24. The number of aromatic hydroxyl groups is 4. The summed E-state index contributed by atoms with van der Waals surface area (Å²) in [5, 5.41) is 91.5. The number of ether oxygens (including phenoxy) is 1. The molecule has 0 saturated carbocycles. The number of ketones is 2. The molecule has 188 valence electrons. The summed E-state index contributed by atoms with van der Waals surface area (Å²) >= 11 is 0. The molecule has 1 aliphatic heterocycles. The first-order valence-electron chi connectivity index (χ1n) is 10.2. The van der Waals surface area contributed by atoms with Crippen LogP contribution in [0, 0.1) is 6.92 Å². The second kappa shape index (κ2) is 9.61. The van der Waals surface area contributed by atoms with Gasteiger partial charge in [-0.3, -0.25) is 9.59 Å². The van der Waals surface area contributed by atoms with Crippen LogP contribution in [0.15, 0.2) is 6.07 Å². The van der Waals surface area contributed by atoms with Gasteiger partial charge in [-0.2, -0.15) is 0 Å². The topological polar surface area (TPSA) is 243 Å². The zero-order valence-corrected chi connectivity index (χ0v) is 17.8. The summed E-state index contributed by atoms with van der Waals surface area (Å²) in [5.74, 6) is -8.24. The van der Waals surface area contributed by atoms with Gasteiger partial charge in [0.2, 0.25) is 0 Å². The number of hydrogen-bond acceptors (Lipinski definition) is 12. The molecular weight excluding hydrogens is 495 g/mol. The molecule has 1 heterocycles. The molecule has 2 aromatic rings. The van der Waals surface area contributed by atoms with Gasteiger partial charge < -0.3 is 50.7 Å². The summed E-state index contributed by atoms with van der Waals surface area (Å²) < 4.78 is 5.30. The van der Waals surface area contributed by atoms with Crippen molar-refractivity contribution in [1.82, 2.24) is 0 Å². The molecule has 0 aromatic heterocycles. The molecule has 1 saturated heterocycles. The number of phenolic OH excluding ortho intramolecular Hbond substituents is 3. The fraction of sp³-hybridized carbons (Fsp3) is 0.318. The number of phenols is 4. The number of benzene rings is 2. The van der Waals surface area contributed by atoms with Crippen molar-refractivity contribution in [2.24, 2.45) is 0 Å². The van der Waals surface area contributed by atoms with Crippen molar-refractivity contribution >= 4 is 47.1 Å². The first kappa shape index (κ1) is 27.8. The Morgan fingerprint density at radius 2 is 1.47 bits per heavy atom. The molecule has 0 spiro atoms. The van der Waals surface area contributed by atoms with Gasteiger partial charge >= 0.3 is 35.5 Å². The number of fused-ring (bicyclic) bond motifs is 2. The van der Waals surface area contributed by atoms with Gasteiger partial charge in [-0.25, -0.2) is 4.79 Å². The number of rotatable bonds is 3. The van der Waals surface area contributed by atoms with Crippen LogP contribution in [-0.2, 0) is 4.74 Å². The SMILES string of the molecule is Cc1c(C(=O)O)c(O)cc2c1C(=O)c1c(O)c([C@H]3O[C@H](CO)[C@@H](O)[C@H](O)[C@H]3O)c(O)c(O)c1C2=O.[NaH]. The van der Waals surface area contributed by atoms with Crippen LogP contribution in [-0.4, -0.2) is 124 Å². The molecule has 0 unspecified atom stereocenters. The van der Waals surface area contributed by atoms with E-state index in [0.717, 1.165) is 6.92 Å². The molecule has 1 aliphatic carbocycles. The molecule has 2 aromatic carbocycles. The molecule has 1 fully saturated rings. The second-order valence-corrected chi connectivity index (χ2v) is 8.24. The Hall–Kier alpha value is -2.75. The molecule has 14 heteroatoms. The van der Waals surface area contributed by atoms with Crippen LogP contribution in [0.3, 0.4) is 0 Å². The van der Waals surface area contributed by atoms with Crippen molar-refractivity contribution in [3.8, 4) is 23.0 Å². The van der Waals surface area contributed by atoms with E-state index in [1.165, 1.54) is 0 Å². The van der Waals surface area contributed by atoms with Crippen molar-refractivity contribution in [2.45, 2.75) is 37.4 Å². The van der Waals surface area contributed by atoms with Gasteiger partial charge in [0.25, 0.3) is 0 Å². The van der Waals surface area contributed by atoms with Gasteiger partial charge in [0.05, 0.1) is 23.3 Å². The maximum atomic E-state index is 13.4. The number of aliphatic hydroxyl groups is 4.